The molecule has 1 unspecified atom stereocenters. The minimum absolute atomic E-state index is 0.0640. The standard InChI is InChI=1S/C27H27N3O3/c1-15-11-22-23(28-25-18(4)17(3)16(2)13-29(22)25)24-20(15)12-21(27(32)33-5)26(31)30(24)14-19-9-7-6-8-10-19/h6-10,12-13,15H,11,14H2,1-5H3. The van der Waals surface area contributed by atoms with E-state index in [0.29, 0.717) is 6.54 Å². The molecule has 0 amide bonds. The smallest absolute Gasteiger partial charge is 0.343 e. The molecule has 0 saturated carbocycles. The van der Waals surface area contributed by atoms with Gasteiger partial charge in [0.15, 0.2) is 0 Å². The summed E-state index contributed by atoms with van der Waals surface area (Å²) in [5, 5.41) is 0. The van der Waals surface area contributed by atoms with Crippen molar-refractivity contribution in [1.82, 2.24) is 14.0 Å². The van der Waals surface area contributed by atoms with Crippen LogP contribution in [-0.4, -0.2) is 27.0 Å². The summed E-state index contributed by atoms with van der Waals surface area (Å²) >= 11 is 0. The predicted molar refractivity (Wildman–Crippen MR) is 128 cm³/mol. The highest BCUT2D eigenvalue weighted by atomic mass is 16.5. The quantitative estimate of drug-likeness (QED) is 0.437. The van der Waals surface area contributed by atoms with Crippen molar-refractivity contribution in [3.8, 4) is 11.4 Å². The zero-order valence-corrected chi connectivity index (χ0v) is 19.6. The van der Waals surface area contributed by atoms with Gasteiger partial charge in [-0.3, -0.25) is 4.79 Å². The van der Waals surface area contributed by atoms with Crippen LogP contribution in [0.3, 0.4) is 0 Å². The number of carbonyl (C=O) groups is 1. The maximum absolute atomic E-state index is 13.6. The molecule has 0 spiro atoms. The van der Waals surface area contributed by atoms with Crippen LogP contribution in [-0.2, 0) is 17.7 Å². The zero-order chi connectivity index (χ0) is 23.4. The third kappa shape index (κ3) is 3.20. The SMILES string of the molecule is COC(=O)c1cc2c(n(Cc3ccccc3)c1=O)-c1nc3c(C)c(C)c(C)cn3c1CC2C. The van der Waals surface area contributed by atoms with E-state index in [1.54, 1.807) is 10.6 Å². The molecule has 1 aliphatic rings. The number of esters is 1. The molecule has 3 heterocycles. The second-order valence-corrected chi connectivity index (χ2v) is 9.00. The maximum atomic E-state index is 13.6. The lowest BCUT2D eigenvalue weighted by Crippen LogP contribution is -2.31. The average Bonchev–Trinajstić information content (AvgIpc) is 3.17. The summed E-state index contributed by atoms with van der Waals surface area (Å²) in [4.78, 5) is 31.1. The molecular formula is C27H27N3O3. The van der Waals surface area contributed by atoms with Crippen molar-refractivity contribution in [3.05, 3.63) is 92.0 Å². The third-order valence-electron chi connectivity index (χ3n) is 6.98. The first-order chi connectivity index (χ1) is 15.8. The van der Waals surface area contributed by atoms with Gasteiger partial charge in [0.2, 0.25) is 0 Å². The summed E-state index contributed by atoms with van der Waals surface area (Å²) in [7, 11) is 1.31. The molecule has 3 aromatic heterocycles. The van der Waals surface area contributed by atoms with E-state index >= 15 is 0 Å². The molecule has 0 aliphatic heterocycles. The molecule has 1 aliphatic carbocycles. The molecule has 5 rings (SSSR count). The summed E-state index contributed by atoms with van der Waals surface area (Å²) in [6.45, 7) is 8.81. The van der Waals surface area contributed by atoms with Crippen LogP contribution >= 0.6 is 0 Å². The molecule has 0 radical (unpaired) electrons. The van der Waals surface area contributed by atoms with Gasteiger partial charge in [0.25, 0.3) is 5.56 Å². The van der Waals surface area contributed by atoms with Crippen LogP contribution in [0, 0.1) is 20.8 Å². The lowest BCUT2D eigenvalue weighted by Gasteiger charge is -2.26. The number of hydrogen-bond acceptors (Lipinski definition) is 4. The summed E-state index contributed by atoms with van der Waals surface area (Å²) in [6, 6.07) is 11.5. The number of benzene rings is 1. The summed E-state index contributed by atoms with van der Waals surface area (Å²) in [5.74, 6) is -0.500. The Bertz CT molecular complexity index is 1480. The Kier molecular flexibility index (Phi) is 4.96. The van der Waals surface area contributed by atoms with E-state index in [1.165, 1.54) is 18.2 Å². The van der Waals surface area contributed by atoms with Crippen LogP contribution in [0.25, 0.3) is 17.0 Å². The predicted octanol–water partition coefficient (Wildman–Crippen LogP) is 4.58. The second kappa shape index (κ2) is 7.73. The number of nitrogens with zero attached hydrogens (tertiary/aromatic N) is 3. The van der Waals surface area contributed by atoms with Crippen LogP contribution in [0.15, 0.2) is 47.4 Å². The minimum atomic E-state index is -0.611. The van der Waals surface area contributed by atoms with Crippen molar-refractivity contribution in [2.45, 2.75) is 46.6 Å². The summed E-state index contributed by atoms with van der Waals surface area (Å²) in [6.07, 6.45) is 2.92. The van der Waals surface area contributed by atoms with Gasteiger partial charge in [-0.2, -0.15) is 0 Å². The Morgan fingerprint density at radius 1 is 1.15 bits per heavy atom. The van der Waals surface area contributed by atoms with Crippen molar-refractivity contribution in [2.24, 2.45) is 0 Å². The molecule has 0 fully saturated rings. The highest BCUT2D eigenvalue weighted by Crippen LogP contribution is 2.40. The lowest BCUT2D eigenvalue weighted by molar-refractivity contribution is 0.0598. The minimum Gasteiger partial charge on any atom is -0.465 e. The first-order valence-electron chi connectivity index (χ1n) is 11.2. The van der Waals surface area contributed by atoms with E-state index in [9.17, 15) is 9.59 Å². The van der Waals surface area contributed by atoms with Gasteiger partial charge in [-0.05, 0) is 67.0 Å². The second-order valence-electron chi connectivity index (χ2n) is 9.00. The fourth-order valence-electron chi connectivity index (χ4n) is 4.91. The zero-order valence-electron chi connectivity index (χ0n) is 19.6. The monoisotopic (exact) mass is 441 g/mol. The van der Waals surface area contributed by atoms with Gasteiger partial charge >= 0.3 is 5.97 Å². The van der Waals surface area contributed by atoms with Crippen molar-refractivity contribution >= 4 is 11.6 Å². The van der Waals surface area contributed by atoms with Gasteiger partial charge in [-0.1, -0.05) is 37.3 Å². The van der Waals surface area contributed by atoms with Crippen molar-refractivity contribution in [2.75, 3.05) is 7.11 Å². The van der Waals surface area contributed by atoms with E-state index in [2.05, 4.69) is 38.3 Å². The number of rotatable bonds is 3. The summed E-state index contributed by atoms with van der Waals surface area (Å²) in [5.41, 5.74) is 8.85. The first kappa shape index (κ1) is 21.2. The van der Waals surface area contributed by atoms with Crippen LogP contribution in [0.2, 0.25) is 0 Å². The van der Waals surface area contributed by atoms with Crippen LogP contribution in [0.5, 0.6) is 0 Å². The number of ether oxygens (including phenoxy) is 1. The van der Waals surface area contributed by atoms with E-state index in [4.69, 9.17) is 9.72 Å². The maximum Gasteiger partial charge on any atom is 0.343 e. The highest BCUT2D eigenvalue weighted by Gasteiger charge is 2.32. The fourth-order valence-corrected chi connectivity index (χ4v) is 4.91. The Hall–Kier alpha value is -3.67. The Labute approximate surface area is 192 Å². The van der Waals surface area contributed by atoms with Crippen LogP contribution < -0.4 is 5.56 Å². The average molecular weight is 442 g/mol. The number of imidazole rings is 1. The number of carbonyl (C=O) groups excluding carboxylic acids is 1. The normalized spacial score (nSPS) is 14.8. The fraction of sp³-hybridized carbons (Fsp3) is 0.296. The molecule has 0 N–H and O–H groups in total. The van der Waals surface area contributed by atoms with E-state index in [1.807, 2.05) is 30.3 Å². The van der Waals surface area contributed by atoms with Gasteiger partial charge in [0.05, 0.1) is 25.0 Å². The Morgan fingerprint density at radius 2 is 1.88 bits per heavy atom. The largest absolute Gasteiger partial charge is 0.465 e. The topological polar surface area (TPSA) is 65.6 Å². The molecule has 1 atom stereocenters. The Balaban J connectivity index is 1.86. The van der Waals surface area contributed by atoms with E-state index < -0.39 is 5.97 Å². The Morgan fingerprint density at radius 3 is 2.58 bits per heavy atom. The van der Waals surface area contributed by atoms with Gasteiger partial charge in [0, 0.05) is 6.20 Å². The molecule has 168 valence electrons. The van der Waals surface area contributed by atoms with Gasteiger partial charge < -0.3 is 13.7 Å². The van der Waals surface area contributed by atoms with Crippen LogP contribution in [0.1, 0.15) is 56.7 Å². The third-order valence-corrected chi connectivity index (χ3v) is 6.98. The van der Waals surface area contributed by atoms with Crippen molar-refractivity contribution in [3.63, 3.8) is 0 Å². The van der Waals surface area contributed by atoms with Gasteiger partial charge in [0.1, 0.15) is 16.9 Å². The molecule has 4 aromatic rings. The number of pyridine rings is 2. The molecule has 1 aromatic carbocycles. The highest BCUT2D eigenvalue weighted by molar-refractivity contribution is 5.90. The molecule has 6 nitrogen and oxygen atoms in total. The molecule has 33 heavy (non-hydrogen) atoms. The lowest BCUT2D eigenvalue weighted by atomic mass is 9.86. The van der Waals surface area contributed by atoms with Crippen molar-refractivity contribution in [1.29, 1.82) is 0 Å². The number of methoxy groups -OCH3 is 1. The van der Waals surface area contributed by atoms with Crippen molar-refractivity contribution < 1.29 is 9.53 Å². The number of aromatic nitrogens is 3. The van der Waals surface area contributed by atoms with E-state index in [-0.39, 0.29) is 17.0 Å². The number of aryl methyl sites for hydroxylation is 2. The molecule has 0 bridgehead atoms. The molecule has 6 heteroatoms. The molecular weight excluding hydrogens is 414 g/mol. The van der Waals surface area contributed by atoms with E-state index in [0.717, 1.165) is 45.8 Å². The molecule has 0 saturated heterocycles. The summed E-state index contributed by atoms with van der Waals surface area (Å²) < 4.78 is 8.82. The van der Waals surface area contributed by atoms with Gasteiger partial charge in [-0.25, -0.2) is 9.78 Å². The first-order valence-corrected chi connectivity index (χ1v) is 11.2. The van der Waals surface area contributed by atoms with Gasteiger partial charge in [-0.15, -0.1) is 0 Å². The number of hydrogen-bond donors (Lipinski definition) is 0. The number of fused-ring (bicyclic) bond motifs is 5. The van der Waals surface area contributed by atoms with Crippen LogP contribution in [0.4, 0.5) is 0 Å².